The Morgan fingerprint density at radius 2 is 1.61 bits per heavy atom. The lowest BCUT2D eigenvalue weighted by Crippen LogP contribution is -1.85. The maximum atomic E-state index is 13.4. The van der Waals surface area contributed by atoms with Crippen molar-refractivity contribution in [1.29, 1.82) is 5.26 Å². The van der Waals surface area contributed by atoms with Crippen LogP contribution >= 0.6 is 0 Å². The second kappa shape index (κ2) is 10.0. The Kier molecular flexibility index (Phi) is 10.2. The molecule has 0 bridgehead atoms. The van der Waals surface area contributed by atoms with Gasteiger partial charge >= 0.3 is 0 Å². The van der Waals surface area contributed by atoms with Crippen LogP contribution < -0.4 is 0 Å². The first kappa shape index (κ1) is 18.2. The second-order valence-electron chi connectivity index (χ2n) is 3.31. The van der Waals surface area contributed by atoms with Gasteiger partial charge in [-0.3, -0.25) is 0 Å². The lowest BCUT2D eigenvalue weighted by molar-refractivity contribution is 0.655. The summed E-state index contributed by atoms with van der Waals surface area (Å²) in [4.78, 5) is 0. The molecule has 0 saturated carbocycles. The summed E-state index contributed by atoms with van der Waals surface area (Å²) in [5.41, 5.74) is 1.44. The minimum Gasteiger partial charge on any atom is -0.206 e. The number of hydrogen-bond acceptors (Lipinski definition) is 1. The van der Waals surface area contributed by atoms with Crippen molar-refractivity contribution in [1.82, 2.24) is 0 Å². The van der Waals surface area contributed by atoms with E-state index >= 15 is 0 Å². The van der Waals surface area contributed by atoms with Crippen LogP contribution in [-0.4, -0.2) is 0 Å². The minimum absolute atomic E-state index is 0.171. The van der Waals surface area contributed by atoms with E-state index in [-0.39, 0.29) is 11.1 Å². The predicted octanol–water partition coefficient (Wildman–Crippen LogP) is 5.19. The van der Waals surface area contributed by atoms with Crippen LogP contribution in [-0.2, 0) is 0 Å². The SMILES string of the molecule is C=C(C#N)/C=C\C(=C)C(=C)/C(F)=C\C(=C)C.CC. The molecular weight excluding hydrogens is 225 g/mol. The van der Waals surface area contributed by atoms with Gasteiger partial charge in [-0.25, -0.2) is 4.39 Å². The standard InChI is InChI=1S/C14H14FN.C2H6/c1-10(2)8-14(15)13(5)12(4)7-6-11(3)9-16;1-2/h6-8H,1,3-5H2,2H3;1-2H3/b7-6-,14-8+;. The topological polar surface area (TPSA) is 23.8 Å². The van der Waals surface area contributed by atoms with Crippen LogP contribution in [0.2, 0.25) is 0 Å². The Morgan fingerprint density at radius 3 is 2.00 bits per heavy atom. The summed E-state index contributed by atoms with van der Waals surface area (Å²) in [5, 5.41) is 8.46. The van der Waals surface area contributed by atoms with Crippen LogP contribution in [0, 0.1) is 11.3 Å². The average molecular weight is 245 g/mol. The number of allylic oxidation sites excluding steroid dienone is 8. The Balaban J connectivity index is 0. The largest absolute Gasteiger partial charge is 0.206 e. The second-order valence-corrected chi connectivity index (χ2v) is 3.31. The minimum atomic E-state index is -0.482. The molecule has 0 aromatic heterocycles. The first-order chi connectivity index (χ1) is 8.38. The van der Waals surface area contributed by atoms with Gasteiger partial charge in [0.1, 0.15) is 5.83 Å². The highest BCUT2D eigenvalue weighted by Gasteiger charge is 2.03. The lowest BCUT2D eigenvalue weighted by Gasteiger charge is -2.02. The number of halogens is 1. The van der Waals surface area contributed by atoms with Gasteiger partial charge in [0.25, 0.3) is 0 Å². The summed E-state index contributed by atoms with van der Waals surface area (Å²) in [5.74, 6) is -0.482. The molecule has 0 fully saturated rings. The van der Waals surface area contributed by atoms with Crippen molar-refractivity contribution >= 4 is 0 Å². The summed E-state index contributed by atoms with van der Waals surface area (Å²) in [6, 6.07) is 1.85. The molecule has 1 nitrogen and oxygen atoms in total. The van der Waals surface area contributed by atoms with E-state index in [0.29, 0.717) is 11.1 Å². The molecule has 96 valence electrons. The van der Waals surface area contributed by atoms with Crippen LogP contribution in [0.1, 0.15) is 20.8 Å². The normalized spacial score (nSPS) is 10.1. The van der Waals surface area contributed by atoms with Gasteiger partial charge in [0.05, 0.1) is 6.07 Å². The van der Waals surface area contributed by atoms with Crippen LogP contribution in [0.4, 0.5) is 4.39 Å². The quantitative estimate of drug-likeness (QED) is 0.483. The third kappa shape index (κ3) is 8.06. The van der Waals surface area contributed by atoms with E-state index in [2.05, 4.69) is 26.3 Å². The van der Waals surface area contributed by atoms with Crippen LogP contribution in [0.5, 0.6) is 0 Å². The molecule has 0 unspecified atom stereocenters. The molecule has 0 aliphatic heterocycles. The van der Waals surface area contributed by atoms with E-state index in [4.69, 9.17) is 5.26 Å². The van der Waals surface area contributed by atoms with Crippen LogP contribution in [0.15, 0.2) is 72.7 Å². The van der Waals surface area contributed by atoms with Crippen molar-refractivity contribution in [2.75, 3.05) is 0 Å². The van der Waals surface area contributed by atoms with Gasteiger partial charge in [-0.2, -0.15) is 5.26 Å². The fraction of sp³-hybridized carbons (Fsp3) is 0.188. The van der Waals surface area contributed by atoms with Crippen molar-refractivity contribution in [3.05, 3.63) is 72.7 Å². The number of hydrogen-bond donors (Lipinski definition) is 0. The van der Waals surface area contributed by atoms with Crippen LogP contribution in [0.3, 0.4) is 0 Å². The summed E-state index contributed by atoms with van der Waals surface area (Å²) < 4.78 is 13.4. The van der Waals surface area contributed by atoms with E-state index in [1.54, 1.807) is 6.92 Å². The zero-order valence-electron chi connectivity index (χ0n) is 11.4. The van der Waals surface area contributed by atoms with E-state index < -0.39 is 5.83 Å². The van der Waals surface area contributed by atoms with Gasteiger partial charge in [0, 0.05) is 11.1 Å². The fourth-order valence-corrected chi connectivity index (χ4v) is 0.796. The zero-order valence-corrected chi connectivity index (χ0v) is 11.4. The number of nitrogens with zero attached hydrogens (tertiary/aromatic N) is 1. The van der Waals surface area contributed by atoms with Gasteiger partial charge < -0.3 is 0 Å². The molecule has 0 heterocycles. The molecule has 0 aromatic rings. The molecule has 18 heavy (non-hydrogen) atoms. The Bertz CT molecular complexity index is 442. The van der Waals surface area contributed by atoms with E-state index in [1.807, 2.05) is 19.9 Å². The molecule has 0 spiro atoms. The smallest absolute Gasteiger partial charge is 0.130 e. The van der Waals surface area contributed by atoms with Crippen molar-refractivity contribution in [2.45, 2.75) is 20.8 Å². The molecule has 0 radical (unpaired) electrons. The Hall–Kier alpha value is -2.14. The molecule has 2 heteroatoms. The summed E-state index contributed by atoms with van der Waals surface area (Å²) in [7, 11) is 0. The Morgan fingerprint density at radius 1 is 1.11 bits per heavy atom. The molecule has 0 aliphatic carbocycles. The van der Waals surface area contributed by atoms with Crippen LogP contribution in [0.25, 0.3) is 0 Å². The molecule has 0 N–H and O–H groups in total. The first-order valence-electron chi connectivity index (χ1n) is 5.56. The highest BCUT2D eigenvalue weighted by atomic mass is 19.1. The lowest BCUT2D eigenvalue weighted by atomic mass is 10.1. The van der Waals surface area contributed by atoms with E-state index in [1.165, 1.54) is 18.2 Å². The number of nitriles is 1. The molecular formula is C16H20FN. The molecule has 0 rings (SSSR count). The highest BCUT2D eigenvalue weighted by molar-refractivity contribution is 5.49. The number of rotatable bonds is 5. The molecule has 0 aliphatic rings. The average Bonchev–Trinajstić information content (AvgIpc) is 2.35. The van der Waals surface area contributed by atoms with Crippen molar-refractivity contribution < 1.29 is 4.39 Å². The van der Waals surface area contributed by atoms with Crippen molar-refractivity contribution in [3.8, 4) is 6.07 Å². The fourth-order valence-electron chi connectivity index (χ4n) is 0.796. The van der Waals surface area contributed by atoms with Gasteiger partial charge in [-0.15, -0.1) is 0 Å². The van der Waals surface area contributed by atoms with Gasteiger partial charge in [0.15, 0.2) is 0 Å². The zero-order chi connectivity index (χ0) is 14.7. The first-order valence-corrected chi connectivity index (χ1v) is 5.56. The molecule has 0 atom stereocenters. The maximum absolute atomic E-state index is 13.4. The molecule has 0 saturated heterocycles. The van der Waals surface area contributed by atoms with Gasteiger partial charge in [0.2, 0.25) is 0 Å². The maximum Gasteiger partial charge on any atom is 0.130 e. The predicted molar refractivity (Wildman–Crippen MR) is 77.5 cm³/mol. The highest BCUT2D eigenvalue weighted by Crippen LogP contribution is 2.19. The van der Waals surface area contributed by atoms with Crippen molar-refractivity contribution in [2.24, 2.45) is 0 Å². The third-order valence-electron chi connectivity index (χ3n) is 1.68. The summed E-state index contributed by atoms with van der Waals surface area (Å²) in [6.07, 6.45) is 4.24. The monoisotopic (exact) mass is 245 g/mol. The van der Waals surface area contributed by atoms with Crippen molar-refractivity contribution in [3.63, 3.8) is 0 Å². The third-order valence-corrected chi connectivity index (χ3v) is 1.68. The summed E-state index contributed by atoms with van der Waals surface area (Å²) >= 11 is 0. The molecule has 0 aromatic carbocycles. The molecule has 0 amide bonds. The van der Waals surface area contributed by atoms with Gasteiger partial charge in [-0.05, 0) is 24.6 Å². The van der Waals surface area contributed by atoms with E-state index in [9.17, 15) is 4.39 Å². The van der Waals surface area contributed by atoms with E-state index in [0.717, 1.165) is 0 Å². The Labute approximate surface area is 110 Å². The van der Waals surface area contributed by atoms with Gasteiger partial charge in [-0.1, -0.05) is 51.8 Å². The summed E-state index contributed by atoms with van der Waals surface area (Å²) in [6.45, 7) is 19.9.